The minimum Gasteiger partial charge on any atom is -0.399 e. The van der Waals surface area contributed by atoms with E-state index < -0.39 is 0 Å². The number of nitrogen functional groups attached to an aromatic ring is 1. The van der Waals surface area contributed by atoms with Crippen molar-refractivity contribution in [2.75, 3.05) is 44.8 Å². The number of anilines is 2. The van der Waals surface area contributed by atoms with Crippen LogP contribution < -0.4 is 11.1 Å². The molecule has 1 heterocycles. The van der Waals surface area contributed by atoms with Crippen LogP contribution in [0.25, 0.3) is 0 Å². The van der Waals surface area contributed by atoms with Gasteiger partial charge in [-0.25, -0.2) is 0 Å². The van der Waals surface area contributed by atoms with Gasteiger partial charge in [0.25, 0.3) is 5.91 Å². The Bertz CT molecular complexity index is 495. The first-order chi connectivity index (χ1) is 9.97. The van der Waals surface area contributed by atoms with Gasteiger partial charge in [0.05, 0.1) is 5.56 Å². The Morgan fingerprint density at radius 2 is 2.05 bits per heavy atom. The molecular formula is C16H26N4O. The molecular weight excluding hydrogens is 264 g/mol. The van der Waals surface area contributed by atoms with Crippen LogP contribution in [0.1, 0.15) is 30.1 Å². The second kappa shape index (κ2) is 6.80. The third kappa shape index (κ3) is 4.11. The lowest BCUT2D eigenvalue weighted by atomic mass is 10.1. The first-order valence-electron chi connectivity index (χ1n) is 7.57. The first kappa shape index (κ1) is 15.6. The number of benzene rings is 1. The third-order valence-corrected chi connectivity index (χ3v) is 3.81. The number of nitrogens with one attached hydrogen (secondary N) is 1. The Labute approximate surface area is 127 Å². The smallest absolute Gasteiger partial charge is 0.255 e. The molecule has 1 fully saturated rings. The van der Waals surface area contributed by atoms with E-state index in [0.717, 1.165) is 12.2 Å². The van der Waals surface area contributed by atoms with Crippen LogP contribution in [0.2, 0.25) is 0 Å². The molecule has 5 heteroatoms. The fourth-order valence-electron chi connectivity index (χ4n) is 2.77. The Kier molecular flexibility index (Phi) is 5.07. The lowest BCUT2D eigenvalue weighted by Crippen LogP contribution is -2.33. The second-order valence-electron chi connectivity index (χ2n) is 6.06. The number of likely N-dealkylation sites (tertiary alicyclic amines) is 1. The number of hydrogen-bond donors (Lipinski definition) is 2. The lowest BCUT2D eigenvalue weighted by molar-refractivity contribution is 0.0828. The van der Waals surface area contributed by atoms with Gasteiger partial charge in [0.2, 0.25) is 0 Å². The summed E-state index contributed by atoms with van der Waals surface area (Å²) in [6.07, 6.45) is 2.57. The van der Waals surface area contributed by atoms with E-state index in [4.69, 9.17) is 5.73 Å². The van der Waals surface area contributed by atoms with Gasteiger partial charge in [-0.2, -0.15) is 0 Å². The number of nitrogens with two attached hydrogens (primary N) is 1. The Morgan fingerprint density at radius 3 is 2.67 bits per heavy atom. The zero-order valence-electron chi connectivity index (χ0n) is 13.2. The van der Waals surface area contributed by atoms with Crippen molar-refractivity contribution in [2.24, 2.45) is 0 Å². The molecule has 1 amide bonds. The van der Waals surface area contributed by atoms with Crippen LogP contribution >= 0.6 is 0 Å². The molecule has 1 aromatic carbocycles. The number of amides is 1. The Balaban J connectivity index is 2.10. The van der Waals surface area contributed by atoms with Crippen molar-refractivity contribution in [2.45, 2.75) is 25.8 Å². The maximum absolute atomic E-state index is 12.2. The summed E-state index contributed by atoms with van der Waals surface area (Å²) in [5.41, 5.74) is 8.02. The number of hydrogen-bond acceptors (Lipinski definition) is 4. The van der Waals surface area contributed by atoms with E-state index in [0.29, 0.717) is 11.3 Å². The maximum atomic E-state index is 12.2. The van der Waals surface area contributed by atoms with Crippen LogP contribution in [0.3, 0.4) is 0 Å². The van der Waals surface area contributed by atoms with Crippen molar-refractivity contribution >= 4 is 17.3 Å². The molecule has 3 N–H and O–H groups in total. The summed E-state index contributed by atoms with van der Waals surface area (Å²) in [6, 6.07) is 5.69. The van der Waals surface area contributed by atoms with E-state index in [1.165, 1.54) is 25.9 Å². The van der Waals surface area contributed by atoms with Gasteiger partial charge in [-0.15, -0.1) is 0 Å². The molecule has 5 nitrogen and oxygen atoms in total. The van der Waals surface area contributed by atoms with Gasteiger partial charge in [-0.1, -0.05) is 0 Å². The first-order valence-corrected chi connectivity index (χ1v) is 7.57. The van der Waals surface area contributed by atoms with Crippen molar-refractivity contribution in [3.8, 4) is 0 Å². The van der Waals surface area contributed by atoms with Gasteiger partial charge in [0.15, 0.2) is 0 Å². The zero-order valence-corrected chi connectivity index (χ0v) is 13.2. The maximum Gasteiger partial charge on any atom is 0.255 e. The number of rotatable bonds is 5. The van der Waals surface area contributed by atoms with E-state index in [1.807, 2.05) is 6.07 Å². The van der Waals surface area contributed by atoms with Crippen molar-refractivity contribution < 1.29 is 4.79 Å². The molecule has 1 aliphatic rings. The topological polar surface area (TPSA) is 61.6 Å². The van der Waals surface area contributed by atoms with E-state index in [1.54, 1.807) is 31.1 Å². The van der Waals surface area contributed by atoms with Crippen molar-refractivity contribution in [3.63, 3.8) is 0 Å². The molecule has 0 saturated carbocycles. The molecule has 2 rings (SSSR count). The van der Waals surface area contributed by atoms with Crippen molar-refractivity contribution in [1.82, 2.24) is 9.80 Å². The molecule has 1 saturated heterocycles. The van der Waals surface area contributed by atoms with Gasteiger partial charge >= 0.3 is 0 Å². The van der Waals surface area contributed by atoms with E-state index in [9.17, 15) is 4.79 Å². The SMILES string of the molecule is CC(CN1CCCC1)Nc1cc(N)ccc1C(=O)N(C)C. The van der Waals surface area contributed by atoms with Gasteiger partial charge < -0.3 is 20.9 Å². The van der Waals surface area contributed by atoms with Gasteiger partial charge in [0, 0.05) is 38.1 Å². The van der Waals surface area contributed by atoms with Gasteiger partial charge in [0.1, 0.15) is 0 Å². The van der Waals surface area contributed by atoms with Crippen LogP contribution in [0.5, 0.6) is 0 Å². The summed E-state index contributed by atoms with van der Waals surface area (Å²) < 4.78 is 0. The minimum absolute atomic E-state index is 0.00845. The Morgan fingerprint density at radius 1 is 1.38 bits per heavy atom. The number of carbonyl (C=O) groups is 1. The van der Waals surface area contributed by atoms with Crippen LogP contribution in [0, 0.1) is 0 Å². The van der Waals surface area contributed by atoms with Gasteiger partial charge in [-0.3, -0.25) is 4.79 Å². The average molecular weight is 290 g/mol. The van der Waals surface area contributed by atoms with Crippen LogP contribution in [0.15, 0.2) is 18.2 Å². The fourth-order valence-corrected chi connectivity index (χ4v) is 2.77. The number of nitrogens with zero attached hydrogens (tertiary/aromatic N) is 2. The normalized spacial score (nSPS) is 16.7. The lowest BCUT2D eigenvalue weighted by Gasteiger charge is -2.24. The molecule has 1 aliphatic heterocycles. The highest BCUT2D eigenvalue weighted by Gasteiger charge is 2.18. The number of carbonyl (C=O) groups excluding carboxylic acids is 1. The largest absolute Gasteiger partial charge is 0.399 e. The third-order valence-electron chi connectivity index (χ3n) is 3.81. The predicted molar refractivity (Wildman–Crippen MR) is 87.6 cm³/mol. The molecule has 0 spiro atoms. The molecule has 0 aliphatic carbocycles. The Hall–Kier alpha value is -1.75. The molecule has 0 aromatic heterocycles. The highest BCUT2D eigenvalue weighted by molar-refractivity contribution is 6.00. The van der Waals surface area contributed by atoms with Crippen molar-refractivity contribution in [1.29, 1.82) is 0 Å². The summed E-state index contributed by atoms with van der Waals surface area (Å²) >= 11 is 0. The van der Waals surface area contributed by atoms with Crippen molar-refractivity contribution in [3.05, 3.63) is 23.8 Å². The van der Waals surface area contributed by atoms with E-state index in [2.05, 4.69) is 17.1 Å². The average Bonchev–Trinajstić information content (AvgIpc) is 2.90. The molecule has 116 valence electrons. The molecule has 1 atom stereocenters. The highest BCUT2D eigenvalue weighted by atomic mass is 16.2. The minimum atomic E-state index is -0.00845. The van der Waals surface area contributed by atoms with E-state index >= 15 is 0 Å². The summed E-state index contributed by atoms with van der Waals surface area (Å²) in [7, 11) is 3.52. The highest BCUT2D eigenvalue weighted by Crippen LogP contribution is 2.22. The molecule has 1 aromatic rings. The molecule has 21 heavy (non-hydrogen) atoms. The summed E-state index contributed by atoms with van der Waals surface area (Å²) in [5, 5.41) is 3.44. The summed E-state index contributed by atoms with van der Waals surface area (Å²) in [4.78, 5) is 16.3. The summed E-state index contributed by atoms with van der Waals surface area (Å²) in [5.74, 6) is -0.00845. The van der Waals surface area contributed by atoms with Crippen LogP contribution in [0.4, 0.5) is 11.4 Å². The van der Waals surface area contributed by atoms with Crippen LogP contribution in [-0.4, -0.2) is 55.5 Å². The fraction of sp³-hybridized carbons (Fsp3) is 0.562. The second-order valence-corrected chi connectivity index (χ2v) is 6.06. The monoisotopic (exact) mass is 290 g/mol. The summed E-state index contributed by atoms with van der Waals surface area (Å²) in [6.45, 7) is 5.48. The predicted octanol–water partition coefficient (Wildman–Crippen LogP) is 1.87. The van der Waals surface area contributed by atoms with E-state index in [-0.39, 0.29) is 11.9 Å². The zero-order chi connectivity index (χ0) is 15.4. The standard InChI is InChI=1S/C16H26N4O/c1-12(11-20-8-4-5-9-20)18-15-10-13(17)6-7-14(15)16(21)19(2)3/h6-7,10,12,18H,4-5,8-9,11,17H2,1-3H3. The van der Waals surface area contributed by atoms with Crippen LogP contribution in [-0.2, 0) is 0 Å². The molecule has 1 unspecified atom stereocenters. The molecule has 0 bridgehead atoms. The molecule has 0 radical (unpaired) electrons. The quantitative estimate of drug-likeness (QED) is 0.813. The van der Waals surface area contributed by atoms with Gasteiger partial charge in [-0.05, 0) is 51.1 Å².